The number of amidine groups is 1. The fourth-order valence-electron chi connectivity index (χ4n) is 4.49. The average Bonchev–Trinajstić information content (AvgIpc) is 3.32. The summed E-state index contributed by atoms with van der Waals surface area (Å²) in [5, 5.41) is 12.3. The van der Waals surface area contributed by atoms with Crippen molar-refractivity contribution >= 4 is 17.2 Å². The largest absolute Gasteiger partial charge is 0.493 e. The Morgan fingerprint density at radius 3 is 2.79 bits per heavy atom. The van der Waals surface area contributed by atoms with Crippen molar-refractivity contribution in [2.75, 3.05) is 70.4 Å². The number of fused-ring (bicyclic) bond motifs is 2. The van der Waals surface area contributed by atoms with Crippen molar-refractivity contribution in [3.8, 4) is 17.2 Å². The molecule has 0 unspecified atom stereocenters. The molecule has 2 aromatic rings. The van der Waals surface area contributed by atoms with Gasteiger partial charge in [0.25, 0.3) is 0 Å². The van der Waals surface area contributed by atoms with Crippen molar-refractivity contribution in [3.63, 3.8) is 0 Å². The standard InChI is InChI=1S/C24H31N5O4/c1-27-8-10-28(11-9-27)7-4-12-31-23-14-19-17(13-22(23)30-2)24(25)29(16-26-19)20-5-3-6-21-18(20)15-32-33-21/h3,5-6,13-14,25-26H,4,7-12,15-16H2,1-2H3. The highest BCUT2D eigenvalue weighted by molar-refractivity contribution is 6.14. The number of nitrogens with zero attached hydrogens (tertiary/aromatic N) is 3. The predicted octanol–water partition coefficient (Wildman–Crippen LogP) is 2.75. The van der Waals surface area contributed by atoms with Crippen LogP contribution < -0.4 is 24.6 Å². The van der Waals surface area contributed by atoms with Gasteiger partial charge in [0, 0.05) is 44.4 Å². The Bertz CT molecular complexity index is 1020. The maximum Gasteiger partial charge on any atom is 0.173 e. The number of piperazine rings is 1. The second-order valence-corrected chi connectivity index (χ2v) is 8.61. The minimum Gasteiger partial charge on any atom is -0.493 e. The molecule has 3 aliphatic rings. The summed E-state index contributed by atoms with van der Waals surface area (Å²) in [7, 11) is 3.81. The van der Waals surface area contributed by atoms with Gasteiger partial charge in [-0.2, -0.15) is 4.89 Å². The van der Waals surface area contributed by atoms with Gasteiger partial charge >= 0.3 is 0 Å². The van der Waals surface area contributed by atoms with Crippen LogP contribution in [-0.2, 0) is 11.5 Å². The SMILES string of the molecule is COc1cc2c(cc1OCCCN1CCN(C)CC1)NCN(c1cccc3c1COO3)C2=N. The van der Waals surface area contributed by atoms with Gasteiger partial charge < -0.3 is 34.4 Å². The monoisotopic (exact) mass is 453 g/mol. The highest BCUT2D eigenvalue weighted by atomic mass is 17.2. The van der Waals surface area contributed by atoms with E-state index in [4.69, 9.17) is 24.7 Å². The third-order valence-electron chi connectivity index (χ3n) is 6.48. The van der Waals surface area contributed by atoms with Crippen LogP contribution in [0.4, 0.5) is 11.4 Å². The summed E-state index contributed by atoms with van der Waals surface area (Å²) in [6.07, 6.45) is 0.963. The van der Waals surface area contributed by atoms with Crippen LogP contribution in [0.2, 0.25) is 0 Å². The number of methoxy groups -OCH3 is 1. The highest BCUT2D eigenvalue weighted by Crippen LogP contribution is 2.39. The van der Waals surface area contributed by atoms with Crippen molar-refractivity contribution in [3.05, 3.63) is 41.5 Å². The first-order valence-electron chi connectivity index (χ1n) is 11.4. The van der Waals surface area contributed by atoms with Gasteiger partial charge in [0.2, 0.25) is 0 Å². The van der Waals surface area contributed by atoms with Crippen molar-refractivity contribution in [2.24, 2.45) is 0 Å². The summed E-state index contributed by atoms with van der Waals surface area (Å²) in [4.78, 5) is 17.1. The lowest BCUT2D eigenvalue weighted by Gasteiger charge is -2.33. The van der Waals surface area contributed by atoms with Crippen LogP contribution in [-0.4, -0.2) is 75.8 Å². The first-order chi connectivity index (χ1) is 16.1. The third-order valence-corrected chi connectivity index (χ3v) is 6.48. The lowest BCUT2D eigenvalue weighted by atomic mass is 10.1. The van der Waals surface area contributed by atoms with Crippen LogP contribution in [0.25, 0.3) is 0 Å². The summed E-state index contributed by atoms with van der Waals surface area (Å²) < 4.78 is 11.7. The molecule has 3 heterocycles. The first-order valence-corrected chi connectivity index (χ1v) is 11.4. The maximum atomic E-state index is 8.86. The van der Waals surface area contributed by atoms with E-state index >= 15 is 0 Å². The van der Waals surface area contributed by atoms with E-state index in [0.29, 0.717) is 43.0 Å². The zero-order chi connectivity index (χ0) is 22.8. The van der Waals surface area contributed by atoms with Crippen LogP contribution in [0, 0.1) is 5.41 Å². The molecule has 0 spiro atoms. The molecule has 176 valence electrons. The van der Waals surface area contributed by atoms with Gasteiger partial charge in [-0.1, -0.05) is 6.07 Å². The molecule has 1 saturated heterocycles. The molecule has 9 heteroatoms. The Labute approximate surface area is 194 Å². The normalized spacial score (nSPS) is 18.4. The first kappa shape index (κ1) is 21.8. The fourth-order valence-corrected chi connectivity index (χ4v) is 4.49. The average molecular weight is 454 g/mol. The Morgan fingerprint density at radius 2 is 1.97 bits per heavy atom. The van der Waals surface area contributed by atoms with E-state index in [2.05, 4.69) is 22.2 Å². The number of ether oxygens (including phenoxy) is 2. The van der Waals surface area contributed by atoms with Crippen molar-refractivity contribution in [1.29, 1.82) is 5.41 Å². The highest BCUT2D eigenvalue weighted by Gasteiger charge is 2.29. The molecule has 2 N–H and O–H groups in total. The summed E-state index contributed by atoms with van der Waals surface area (Å²) in [6, 6.07) is 9.58. The molecule has 0 aromatic heterocycles. The Kier molecular flexibility index (Phi) is 6.26. The number of nitrogens with one attached hydrogen (secondary N) is 2. The van der Waals surface area contributed by atoms with Gasteiger partial charge in [-0.25, -0.2) is 0 Å². The van der Waals surface area contributed by atoms with E-state index in [1.165, 1.54) is 0 Å². The molecule has 33 heavy (non-hydrogen) atoms. The topological polar surface area (TPSA) is 82.5 Å². The molecule has 0 bridgehead atoms. The quantitative estimate of drug-likeness (QED) is 0.489. The number of hydrogen-bond acceptors (Lipinski definition) is 8. The van der Waals surface area contributed by atoms with Gasteiger partial charge in [0.15, 0.2) is 17.2 Å². The van der Waals surface area contributed by atoms with Crippen LogP contribution in [0.15, 0.2) is 30.3 Å². The van der Waals surface area contributed by atoms with Gasteiger partial charge in [0.05, 0.1) is 37.3 Å². The molecule has 3 aliphatic heterocycles. The molecule has 0 atom stereocenters. The zero-order valence-electron chi connectivity index (χ0n) is 19.2. The Hall–Kier alpha value is -3.01. The Balaban J connectivity index is 1.26. The van der Waals surface area contributed by atoms with E-state index in [1.54, 1.807) is 7.11 Å². The van der Waals surface area contributed by atoms with Gasteiger partial charge in [0.1, 0.15) is 12.4 Å². The van der Waals surface area contributed by atoms with E-state index in [9.17, 15) is 0 Å². The van der Waals surface area contributed by atoms with Gasteiger partial charge in [-0.3, -0.25) is 5.41 Å². The maximum absolute atomic E-state index is 8.86. The predicted molar refractivity (Wildman–Crippen MR) is 127 cm³/mol. The van der Waals surface area contributed by atoms with Crippen LogP contribution in [0.5, 0.6) is 17.2 Å². The van der Waals surface area contributed by atoms with E-state index in [0.717, 1.165) is 61.6 Å². The summed E-state index contributed by atoms with van der Waals surface area (Å²) in [5.41, 5.74) is 3.47. The zero-order valence-corrected chi connectivity index (χ0v) is 19.2. The molecule has 5 rings (SSSR count). The lowest BCUT2D eigenvalue weighted by Crippen LogP contribution is -2.44. The van der Waals surface area contributed by atoms with Gasteiger partial charge in [-0.05, 0) is 31.7 Å². The second-order valence-electron chi connectivity index (χ2n) is 8.61. The Morgan fingerprint density at radius 1 is 1.12 bits per heavy atom. The molecule has 1 fully saturated rings. The van der Waals surface area contributed by atoms with E-state index in [-0.39, 0.29) is 0 Å². The molecular formula is C24H31N5O4. The second kappa shape index (κ2) is 9.46. The van der Waals surface area contributed by atoms with Crippen LogP contribution in [0.1, 0.15) is 17.5 Å². The van der Waals surface area contributed by atoms with Crippen molar-refractivity contribution in [1.82, 2.24) is 9.80 Å². The number of likely N-dealkylation sites (N-methyl/N-ethyl adjacent to an activating group) is 1. The molecule has 0 saturated carbocycles. The minimum absolute atomic E-state index is 0.367. The summed E-state index contributed by atoms with van der Waals surface area (Å²) in [5.74, 6) is 2.42. The molecular weight excluding hydrogens is 422 g/mol. The number of benzene rings is 2. The number of rotatable bonds is 7. The van der Waals surface area contributed by atoms with Crippen molar-refractivity contribution < 1.29 is 19.2 Å². The molecule has 0 amide bonds. The number of anilines is 2. The fraction of sp³-hybridized carbons (Fsp3) is 0.458. The molecule has 0 radical (unpaired) electrons. The summed E-state index contributed by atoms with van der Waals surface area (Å²) >= 11 is 0. The van der Waals surface area contributed by atoms with Crippen LogP contribution in [0.3, 0.4) is 0 Å². The number of hydrogen-bond donors (Lipinski definition) is 2. The molecule has 2 aromatic carbocycles. The molecule has 9 nitrogen and oxygen atoms in total. The van der Waals surface area contributed by atoms with Gasteiger partial charge in [-0.15, -0.1) is 0 Å². The van der Waals surface area contributed by atoms with Crippen LogP contribution >= 0.6 is 0 Å². The van der Waals surface area contributed by atoms with E-state index in [1.807, 2.05) is 35.2 Å². The smallest absolute Gasteiger partial charge is 0.173 e. The minimum atomic E-state index is 0.367. The summed E-state index contributed by atoms with van der Waals surface area (Å²) in [6.45, 7) is 6.98. The lowest BCUT2D eigenvalue weighted by molar-refractivity contribution is -0.194. The molecule has 0 aliphatic carbocycles. The van der Waals surface area contributed by atoms with Crippen molar-refractivity contribution in [2.45, 2.75) is 13.0 Å². The van der Waals surface area contributed by atoms with E-state index < -0.39 is 0 Å². The third kappa shape index (κ3) is 4.44.